The summed E-state index contributed by atoms with van der Waals surface area (Å²) in [6, 6.07) is -0.533. The maximum absolute atomic E-state index is 14.3. The Labute approximate surface area is 240 Å². The molecule has 2 aromatic heterocycles. The van der Waals surface area contributed by atoms with Crippen LogP contribution in [0, 0.1) is 11.3 Å². The molecule has 1 saturated carbocycles. The van der Waals surface area contributed by atoms with Crippen LogP contribution in [0.25, 0.3) is 21.3 Å². The molecule has 0 saturated heterocycles. The summed E-state index contributed by atoms with van der Waals surface area (Å²) < 4.78 is 114. The maximum Gasteiger partial charge on any atom is 0.417 e. The lowest BCUT2D eigenvalue weighted by Crippen LogP contribution is -2.43. The van der Waals surface area contributed by atoms with E-state index in [0.29, 0.717) is 19.4 Å². The fraction of sp³-hybridized carbons (Fsp3) is 0.520. The van der Waals surface area contributed by atoms with Crippen molar-refractivity contribution in [3.8, 4) is 21.3 Å². The zero-order valence-corrected chi connectivity index (χ0v) is 24.1. The first-order valence-corrected chi connectivity index (χ1v) is 14.9. The largest absolute Gasteiger partial charge is 0.481 e. The molecular weight excluding hydrogens is 614 g/mol. The third kappa shape index (κ3) is 6.94. The second-order valence-electron chi connectivity index (χ2n) is 10.8. The number of carboxylic acids is 1. The van der Waals surface area contributed by atoms with Crippen LogP contribution in [-0.2, 0) is 33.8 Å². The molecule has 4 rings (SSSR count). The lowest BCUT2D eigenvalue weighted by atomic mass is 9.81. The van der Waals surface area contributed by atoms with Gasteiger partial charge in [-0.2, -0.15) is 31.1 Å². The molecule has 0 radical (unpaired) electrons. The van der Waals surface area contributed by atoms with Crippen LogP contribution in [-0.4, -0.2) is 46.9 Å². The normalized spacial score (nSPS) is 15.9. The van der Waals surface area contributed by atoms with Gasteiger partial charge in [0.15, 0.2) is 5.01 Å². The number of benzene rings is 1. The van der Waals surface area contributed by atoms with Gasteiger partial charge in [0.1, 0.15) is 6.04 Å². The van der Waals surface area contributed by atoms with Crippen LogP contribution < -0.4 is 4.72 Å². The van der Waals surface area contributed by atoms with Crippen molar-refractivity contribution in [3.63, 3.8) is 0 Å². The van der Waals surface area contributed by atoms with Crippen LogP contribution >= 0.6 is 11.3 Å². The number of aromatic nitrogens is 3. The predicted molar refractivity (Wildman–Crippen MR) is 138 cm³/mol. The topological polar surface area (TPSA) is 135 Å². The highest BCUT2D eigenvalue weighted by Crippen LogP contribution is 2.45. The molecule has 2 N–H and O–H groups in total. The molecule has 42 heavy (non-hydrogen) atoms. The van der Waals surface area contributed by atoms with Crippen molar-refractivity contribution in [1.82, 2.24) is 19.9 Å². The first kappa shape index (κ1) is 31.9. The van der Waals surface area contributed by atoms with Crippen LogP contribution in [0.1, 0.15) is 57.2 Å². The molecule has 9 nitrogen and oxygen atoms in total. The summed E-state index contributed by atoms with van der Waals surface area (Å²) in [5, 5.41) is 17.2. The molecule has 230 valence electrons. The molecule has 1 atom stereocenters. The van der Waals surface area contributed by atoms with Gasteiger partial charge in [0.05, 0.1) is 26.4 Å². The second-order valence-corrected chi connectivity index (χ2v) is 13.5. The molecule has 0 aliphatic heterocycles. The zero-order valence-electron chi connectivity index (χ0n) is 22.4. The molecule has 1 aliphatic rings. The van der Waals surface area contributed by atoms with Crippen molar-refractivity contribution in [3.05, 3.63) is 35.3 Å². The SMILES string of the molecule is CC(NS(=O)(=O)c1ccc(-c2sc(-c3nnc(CC(C)(C)C(=O)O)o3)nc2CC2CCC2)c(C(F)(F)F)c1)C(F)(F)F. The molecule has 3 aromatic rings. The van der Waals surface area contributed by atoms with Crippen molar-refractivity contribution in [2.45, 2.75) is 76.2 Å². The molecule has 0 amide bonds. The van der Waals surface area contributed by atoms with Gasteiger partial charge in [-0.3, -0.25) is 4.79 Å². The molecular formula is C25H26F6N4O5S2. The van der Waals surface area contributed by atoms with E-state index in [1.165, 1.54) is 18.6 Å². The molecule has 17 heteroatoms. The van der Waals surface area contributed by atoms with Crippen molar-refractivity contribution >= 4 is 27.3 Å². The number of alkyl halides is 6. The van der Waals surface area contributed by atoms with Crippen LogP contribution in [0.3, 0.4) is 0 Å². The fourth-order valence-corrected chi connectivity index (χ4v) is 6.43. The first-order chi connectivity index (χ1) is 19.3. The number of nitrogens with zero attached hydrogens (tertiary/aromatic N) is 3. The van der Waals surface area contributed by atoms with Gasteiger partial charge < -0.3 is 9.52 Å². The third-order valence-electron chi connectivity index (χ3n) is 6.90. The quantitative estimate of drug-likeness (QED) is 0.254. The molecule has 1 aromatic carbocycles. The third-order valence-corrected chi connectivity index (χ3v) is 9.56. The minimum absolute atomic E-state index is 0.0131. The van der Waals surface area contributed by atoms with Crippen molar-refractivity contribution in [2.75, 3.05) is 0 Å². The molecule has 1 aliphatic carbocycles. The number of hydrogen-bond acceptors (Lipinski definition) is 8. The number of carbonyl (C=O) groups is 1. The number of halogens is 6. The molecule has 2 heterocycles. The summed E-state index contributed by atoms with van der Waals surface area (Å²) in [4.78, 5) is 15.0. The van der Waals surface area contributed by atoms with Crippen LogP contribution in [0.2, 0.25) is 0 Å². The highest BCUT2D eigenvalue weighted by atomic mass is 32.2. The van der Waals surface area contributed by atoms with E-state index in [2.05, 4.69) is 15.2 Å². The Kier molecular flexibility index (Phi) is 8.52. The summed E-state index contributed by atoms with van der Waals surface area (Å²) >= 11 is 0.800. The Morgan fingerprint density at radius 3 is 2.38 bits per heavy atom. The predicted octanol–water partition coefficient (Wildman–Crippen LogP) is 6.10. The maximum atomic E-state index is 14.3. The number of nitrogens with one attached hydrogen (secondary N) is 1. The second kappa shape index (κ2) is 11.2. The Bertz CT molecular complexity index is 1580. The highest BCUT2D eigenvalue weighted by molar-refractivity contribution is 7.89. The van der Waals surface area contributed by atoms with Gasteiger partial charge in [0.2, 0.25) is 15.9 Å². The first-order valence-electron chi connectivity index (χ1n) is 12.6. The number of aliphatic carboxylic acids is 1. The number of thiazole rings is 1. The van der Waals surface area contributed by atoms with Crippen molar-refractivity contribution in [1.29, 1.82) is 0 Å². The summed E-state index contributed by atoms with van der Waals surface area (Å²) in [7, 11) is -4.96. The smallest absolute Gasteiger partial charge is 0.417 e. The van der Waals surface area contributed by atoms with Gasteiger partial charge in [0.25, 0.3) is 5.89 Å². The van der Waals surface area contributed by atoms with Gasteiger partial charge in [-0.25, -0.2) is 13.4 Å². The lowest BCUT2D eigenvalue weighted by molar-refractivity contribution is -0.147. The summed E-state index contributed by atoms with van der Waals surface area (Å²) in [6.45, 7) is 3.45. The van der Waals surface area contributed by atoms with Crippen molar-refractivity contribution in [2.24, 2.45) is 11.3 Å². The fourth-order valence-electron chi connectivity index (χ4n) is 4.12. The standard InChI is InChI=1S/C25H26F6N4O5S2/c1-12(24(26,27)28)35-42(38,39)14-7-8-15(16(10-14)25(29,30)31)19-17(9-13-5-4-6-13)32-21(41-19)20-34-33-18(40-20)11-23(2,3)22(36)37/h7-8,10,12-13,35H,4-6,9,11H2,1-3H3,(H,36,37). The van der Waals surface area contributed by atoms with Gasteiger partial charge in [-0.1, -0.05) is 25.3 Å². The van der Waals surface area contributed by atoms with E-state index in [0.717, 1.165) is 42.7 Å². The molecule has 0 spiro atoms. The number of rotatable bonds is 10. The van der Waals surface area contributed by atoms with E-state index in [9.17, 15) is 44.7 Å². The highest BCUT2D eigenvalue weighted by Gasteiger charge is 2.41. The number of carboxylic acid groups (broad SMARTS) is 1. The Hall–Kier alpha value is -3.05. The Morgan fingerprint density at radius 1 is 1.17 bits per heavy atom. The van der Waals surface area contributed by atoms with E-state index in [4.69, 9.17) is 4.42 Å². The van der Waals surface area contributed by atoms with Gasteiger partial charge in [-0.05, 0) is 45.2 Å². The molecule has 1 unspecified atom stereocenters. The monoisotopic (exact) mass is 640 g/mol. The summed E-state index contributed by atoms with van der Waals surface area (Å²) in [5.41, 5.74) is -2.72. The van der Waals surface area contributed by atoms with Crippen LogP contribution in [0.4, 0.5) is 26.3 Å². The summed E-state index contributed by atoms with van der Waals surface area (Å²) in [6.07, 6.45) is -7.19. The zero-order chi connectivity index (χ0) is 31.3. The van der Waals surface area contributed by atoms with E-state index in [1.807, 2.05) is 0 Å². The van der Waals surface area contributed by atoms with E-state index in [-0.39, 0.29) is 39.7 Å². The minimum Gasteiger partial charge on any atom is -0.481 e. The van der Waals surface area contributed by atoms with Gasteiger partial charge >= 0.3 is 18.3 Å². The average molecular weight is 641 g/mol. The Balaban J connectivity index is 1.78. The molecule has 0 bridgehead atoms. The Morgan fingerprint density at radius 2 is 1.83 bits per heavy atom. The summed E-state index contributed by atoms with van der Waals surface area (Å²) in [5.74, 6) is -1.08. The number of hydrogen-bond donors (Lipinski definition) is 2. The van der Waals surface area contributed by atoms with Crippen LogP contribution in [0.5, 0.6) is 0 Å². The van der Waals surface area contributed by atoms with Gasteiger partial charge in [-0.15, -0.1) is 21.5 Å². The average Bonchev–Trinajstić information content (AvgIpc) is 3.46. The minimum atomic E-state index is -5.07. The number of sulfonamides is 1. The molecule has 1 fully saturated rings. The van der Waals surface area contributed by atoms with E-state index < -0.39 is 55.8 Å². The van der Waals surface area contributed by atoms with E-state index in [1.54, 1.807) is 0 Å². The van der Waals surface area contributed by atoms with Crippen LogP contribution in [0.15, 0.2) is 27.5 Å². The van der Waals surface area contributed by atoms with Gasteiger partial charge in [0, 0.05) is 12.0 Å². The van der Waals surface area contributed by atoms with E-state index >= 15 is 0 Å². The van der Waals surface area contributed by atoms with Crippen molar-refractivity contribution < 1.29 is 49.1 Å². The lowest BCUT2D eigenvalue weighted by Gasteiger charge is -2.25.